The molecule has 0 fully saturated rings. The van der Waals surface area contributed by atoms with Gasteiger partial charge in [-0.2, -0.15) is 0 Å². The van der Waals surface area contributed by atoms with Crippen LogP contribution in [-0.2, 0) is 9.59 Å². The van der Waals surface area contributed by atoms with Gasteiger partial charge in [-0.15, -0.1) is 0 Å². The Morgan fingerprint density at radius 3 is 1.17 bits per heavy atom. The van der Waals surface area contributed by atoms with Crippen LogP contribution >= 0.6 is 0 Å². The van der Waals surface area contributed by atoms with Crippen LogP contribution in [0.25, 0.3) is 0 Å². The molecule has 0 aromatic carbocycles. The van der Waals surface area contributed by atoms with Gasteiger partial charge in [0.25, 0.3) is 0 Å². The second-order valence-corrected chi connectivity index (χ2v) is 8.41. The zero-order chi connectivity index (χ0) is 22.2. The predicted octanol–water partition coefficient (Wildman–Crippen LogP) is 6.76. The monoisotopic (exact) mass is 430 g/mol. The number of carbonyl (C=O) groups is 2. The van der Waals surface area contributed by atoms with Crippen LogP contribution in [0.3, 0.4) is 0 Å². The van der Waals surface area contributed by atoms with Crippen molar-refractivity contribution in [3.63, 3.8) is 0 Å². The molecule has 2 N–H and O–H groups in total. The predicted molar refractivity (Wildman–Crippen MR) is 131 cm³/mol. The topological polar surface area (TPSA) is 74.6 Å². The summed E-state index contributed by atoms with van der Waals surface area (Å²) in [6.45, 7) is 4.61. The van der Waals surface area contributed by atoms with Gasteiger partial charge in [-0.05, 0) is 0 Å². The van der Waals surface area contributed by atoms with Gasteiger partial charge in [0.2, 0.25) is 0 Å². The van der Waals surface area contributed by atoms with E-state index < -0.39 is 18.4 Å². The minimum absolute atomic E-state index is 0. The summed E-state index contributed by atoms with van der Waals surface area (Å²) in [5.41, 5.74) is 0. The van der Waals surface area contributed by atoms with Crippen LogP contribution in [0.1, 0.15) is 129 Å². The van der Waals surface area contributed by atoms with Crippen molar-refractivity contribution in [2.75, 3.05) is 0 Å². The third-order valence-electron chi connectivity index (χ3n) is 5.56. The molecule has 0 aliphatic heterocycles. The Morgan fingerprint density at radius 1 is 0.633 bits per heavy atom. The van der Waals surface area contributed by atoms with E-state index in [1.165, 1.54) is 114 Å². The first-order chi connectivity index (χ1) is 14.0. The summed E-state index contributed by atoms with van der Waals surface area (Å²) in [6.07, 6.45) is 24.1. The maximum atomic E-state index is 9.43. The summed E-state index contributed by atoms with van der Waals surface area (Å²) >= 11 is 2.40. The fourth-order valence-corrected chi connectivity index (χ4v) is 3.64. The van der Waals surface area contributed by atoms with E-state index in [9.17, 15) is 9.59 Å². The summed E-state index contributed by atoms with van der Waals surface area (Å²) in [4.78, 5) is 18.9. The van der Waals surface area contributed by atoms with Crippen molar-refractivity contribution in [3.05, 3.63) is 0 Å². The Bertz CT molecular complexity index is 355. The van der Waals surface area contributed by atoms with Crippen molar-refractivity contribution in [3.8, 4) is 0 Å². The third-order valence-corrected chi connectivity index (χ3v) is 5.56. The molecule has 1 atom stereocenters. The molecular weight excluding hydrogens is 382 g/mol. The first-order valence-corrected chi connectivity index (χ1v) is 12.4. The standard InChI is InChI=1S/C21H43.C3H4O4.Li.Na.H/c1-4-6-8-10-11-12-13-14-16-18-20-21(3)19-17-15-9-7-5-2;4-2(5)1-3(6)7;;;/h21H,3-20H2,1-2H3;1H2,(H,4,5)(H,6,7);;;. The van der Waals surface area contributed by atoms with E-state index in [4.69, 9.17) is 10.2 Å². The fraction of sp³-hybridized carbons (Fsp3) is 0.917. The molecule has 0 aliphatic rings. The number of carboxylic acids is 2. The Morgan fingerprint density at radius 2 is 0.933 bits per heavy atom. The number of hydrogen-bond acceptors (Lipinski definition) is 2. The zero-order valence-electron chi connectivity index (χ0n) is 19.7. The molecule has 0 rings (SSSR count). The van der Waals surface area contributed by atoms with Crippen molar-refractivity contribution in [2.45, 2.75) is 135 Å². The van der Waals surface area contributed by atoms with Crippen molar-refractivity contribution >= 4 is 59.2 Å². The first-order valence-electron chi connectivity index (χ1n) is 12.4. The Hall–Kier alpha value is 0.537. The Labute approximate surface area is 218 Å². The molecule has 170 valence electrons. The van der Waals surface area contributed by atoms with Crippen LogP contribution in [0.15, 0.2) is 0 Å². The quantitative estimate of drug-likeness (QED) is 0.127. The van der Waals surface area contributed by atoms with Crippen LogP contribution in [0.4, 0.5) is 0 Å². The van der Waals surface area contributed by atoms with Crippen LogP contribution in [0.2, 0.25) is 5.09 Å². The normalized spacial score (nSPS) is 11.2. The fourth-order valence-electron chi connectivity index (χ4n) is 3.64. The molecule has 0 bridgehead atoms. The number of aliphatic carboxylic acids is 2. The average molecular weight is 431 g/mol. The van der Waals surface area contributed by atoms with Gasteiger partial charge in [0.1, 0.15) is 6.42 Å². The first kappa shape index (κ1) is 35.1. The van der Waals surface area contributed by atoms with Gasteiger partial charge >= 0.3 is 180 Å². The van der Waals surface area contributed by atoms with Crippen molar-refractivity contribution in [1.82, 2.24) is 0 Å². The molecule has 0 amide bonds. The van der Waals surface area contributed by atoms with Crippen molar-refractivity contribution < 1.29 is 19.8 Å². The zero-order valence-corrected chi connectivity index (χ0v) is 19.7. The van der Waals surface area contributed by atoms with Crippen molar-refractivity contribution in [1.29, 1.82) is 0 Å². The van der Waals surface area contributed by atoms with E-state index in [2.05, 4.69) is 31.6 Å². The van der Waals surface area contributed by atoms with Gasteiger partial charge in [0.15, 0.2) is 0 Å². The molecular formula is C24H48LiNaO4. The number of unbranched alkanes of at least 4 members (excludes halogenated alkanes) is 13. The molecule has 0 aromatic rings. The van der Waals surface area contributed by atoms with Gasteiger partial charge in [0.05, 0.1) is 0 Å². The summed E-state index contributed by atoms with van der Waals surface area (Å²) in [6, 6.07) is 0. The number of hydrogen-bond donors (Lipinski definition) is 2. The molecule has 1 unspecified atom stereocenters. The summed E-state index contributed by atoms with van der Waals surface area (Å²) in [5.74, 6) is -1.60. The second kappa shape index (κ2) is 29.5. The second-order valence-electron chi connectivity index (χ2n) is 8.41. The van der Waals surface area contributed by atoms with E-state index in [1.54, 1.807) is 0 Å². The van der Waals surface area contributed by atoms with E-state index in [-0.39, 0.29) is 29.6 Å². The number of carboxylic acid groups (broad SMARTS) is 2. The SMILES string of the molecule is O=C(O)CC(=O)O.[Li][CH2]C(CCCCCCC)CCCCCCCCCCCC.[NaH]. The van der Waals surface area contributed by atoms with E-state index >= 15 is 0 Å². The van der Waals surface area contributed by atoms with Gasteiger partial charge < -0.3 is 10.2 Å². The molecule has 4 nitrogen and oxygen atoms in total. The summed E-state index contributed by atoms with van der Waals surface area (Å²) < 4.78 is 0. The molecule has 0 saturated heterocycles. The maximum absolute atomic E-state index is 9.43. The van der Waals surface area contributed by atoms with Gasteiger partial charge in [0, 0.05) is 0 Å². The van der Waals surface area contributed by atoms with Crippen LogP contribution in [0, 0.1) is 5.92 Å². The van der Waals surface area contributed by atoms with Crippen molar-refractivity contribution in [2.24, 2.45) is 5.92 Å². The molecule has 0 radical (unpaired) electrons. The Balaban J connectivity index is -0.000000779. The van der Waals surface area contributed by atoms with Crippen LogP contribution < -0.4 is 0 Å². The van der Waals surface area contributed by atoms with Gasteiger partial charge in [-0.25, -0.2) is 0 Å². The van der Waals surface area contributed by atoms with E-state index in [1.807, 2.05) is 0 Å². The van der Waals surface area contributed by atoms with Gasteiger partial charge in [-0.1, -0.05) is 13.3 Å². The minimum atomic E-state index is -1.31. The van der Waals surface area contributed by atoms with Crippen LogP contribution in [0.5, 0.6) is 0 Å². The molecule has 0 saturated carbocycles. The molecule has 30 heavy (non-hydrogen) atoms. The van der Waals surface area contributed by atoms with Crippen LogP contribution in [-0.4, -0.2) is 69.4 Å². The van der Waals surface area contributed by atoms with E-state index in [0.717, 1.165) is 5.92 Å². The molecule has 0 aromatic heterocycles. The summed E-state index contributed by atoms with van der Waals surface area (Å²) in [5, 5.41) is 16.8. The van der Waals surface area contributed by atoms with Gasteiger partial charge in [-0.3, -0.25) is 9.59 Å². The van der Waals surface area contributed by atoms with E-state index in [0.29, 0.717) is 0 Å². The Kier molecular flexibility index (Phi) is 34.6. The molecule has 0 spiro atoms. The molecule has 6 heteroatoms. The number of rotatable bonds is 20. The third kappa shape index (κ3) is 33.2. The summed E-state index contributed by atoms with van der Waals surface area (Å²) in [7, 11) is 0. The molecule has 0 heterocycles. The molecule has 0 aliphatic carbocycles. The average Bonchev–Trinajstić information content (AvgIpc) is 2.67.